The SMILES string of the molecule is CC(C)(C)OC(=O)N1c2cccc(O)c2CC1C(=O)NC(CC1CC1)C(=O)NC(C#N)CC1CCNC1O. The van der Waals surface area contributed by atoms with E-state index in [9.17, 15) is 29.9 Å². The Morgan fingerprint density at radius 1 is 1.21 bits per heavy atom. The predicted molar refractivity (Wildman–Crippen MR) is 138 cm³/mol. The fourth-order valence-electron chi connectivity index (χ4n) is 5.09. The Morgan fingerprint density at radius 2 is 1.95 bits per heavy atom. The zero-order chi connectivity index (χ0) is 27.6. The van der Waals surface area contributed by atoms with Crippen molar-refractivity contribution < 1.29 is 29.3 Å². The maximum Gasteiger partial charge on any atom is 0.415 e. The van der Waals surface area contributed by atoms with Crippen molar-refractivity contribution in [3.63, 3.8) is 0 Å². The van der Waals surface area contributed by atoms with Gasteiger partial charge in [-0.3, -0.25) is 19.8 Å². The minimum Gasteiger partial charge on any atom is -0.508 e. The van der Waals surface area contributed by atoms with Gasteiger partial charge in [-0.1, -0.05) is 18.9 Å². The van der Waals surface area contributed by atoms with Gasteiger partial charge in [0, 0.05) is 17.9 Å². The number of carbonyl (C=O) groups excluding carboxylic acids is 3. The van der Waals surface area contributed by atoms with Crippen LogP contribution in [0.5, 0.6) is 5.75 Å². The molecule has 0 spiro atoms. The third kappa shape index (κ3) is 6.55. The topological polar surface area (TPSA) is 164 Å². The van der Waals surface area contributed by atoms with Gasteiger partial charge in [0.2, 0.25) is 11.8 Å². The highest BCUT2D eigenvalue weighted by molar-refractivity contribution is 6.02. The van der Waals surface area contributed by atoms with Crippen molar-refractivity contribution in [2.24, 2.45) is 11.8 Å². The summed E-state index contributed by atoms with van der Waals surface area (Å²) in [6, 6.07) is 4.10. The van der Waals surface area contributed by atoms with Crippen molar-refractivity contribution >= 4 is 23.6 Å². The summed E-state index contributed by atoms with van der Waals surface area (Å²) < 4.78 is 5.55. The quantitative estimate of drug-likeness (QED) is 0.341. The summed E-state index contributed by atoms with van der Waals surface area (Å²) in [6.07, 6.45) is 1.94. The number of benzene rings is 1. The maximum atomic E-state index is 13.6. The summed E-state index contributed by atoms with van der Waals surface area (Å²) in [5, 5.41) is 38.5. The Balaban J connectivity index is 1.49. The van der Waals surface area contributed by atoms with Crippen LogP contribution < -0.4 is 20.9 Å². The molecular formula is C27H37N5O6. The van der Waals surface area contributed by atoms with Crippen LogP contribution in [0.1, 0.15) is 58.4 Å². The molecule has 1 aromatic carbocycles. The molecule has 206 valence electrons. The number of anilines is 1. The van der Waals surface area contributed by atoms with Gasteiger partial charge in [-0.2, -0.15) is 5.26 Å². The molecule has 5 N–H and O–H groups in total. The van der Waals surface area contributed by atoms with Gasteiger partial charge in [-0.05, 0) is 64.6 Å². The zero-order valence-electron chi connectivity index (χ0n) is 22.1. The second-order valence-electron chi connectivity index (χ2n) is 11.5. The summed E-state index contributed by atoms with van der Waals surface area (Å²) in [5.41, 5.74) is 0.0340. The van der Waals surface area contributed by atoms with Gasteiger partial charge in [-0.15, -0.1) is 0 Å². The van der Waals surface area contributed by atoms with E-state index in [1.165, 1.54) is 11.0 Å². The van der Waals surface area contributed by atoms with Crippen molar-refractivity contribution in [1.29, 1.82) is 5.26 Å². The first-order chi connectivity index (χ1) is 18.0. The normalized spacial score (nSPS) is 24.2. The number of hydrogen-bond acceptors (Lipinski definition) is 8. The Kier molecular flexibility index (Phi) is 8.13. The number of ether oxygens (including phenoxy) is 1. The van der Waals surface area contributed by atoms with E-state index in [-0.39, 0.29) is 18.1 Å². The molecule has 0 bridgehead atoms. The van der Waals surface area contributed by atoms with Crippen molar-refractivity contribution in [1.82, 2.24) is 16.0 Å². The van der Waals surface area contributed by atoms with E-state index < -0.39 is 47.9 Å². The van der Waals surface area contributed by atoms with Crippen LogP contribution in [0.3, 0.4) is 0 Å². The number of aliphatic hydroxyl groups excluding tert-OH is 1. The Morgan fingerprint density at radius 3 is 2.55 bits per heavy atom. The summed E-state index contributed by atoms with van der Waals surface area (Å²) in [7, 11) is 0. The predicted octanol–water partition coefficient (Wildman–Crippen LogP) is 1.67. The highest BCUT2D eigenvalue weighted by atomic mass is 16.6. The molecule has 2 heterocycles. The second kappa shape index (κ2) is 11.2. The van der Waals surface area contributed by atoms with Crippen LogP contribution in [0.4, 0.5) is 10.5 Å². The molecule has 4 rings (SSSR count). The van der Waals surface area contributed by atoms with E-state index in [0.29, 0.717) is 43.0 Å². The van der Waals surface area contributed by atoms with Crippen molar-refractivity contribution in [2.45, 2.75) is 89.3 Å². The number of phenolic OH excluding ortho intramolecular Hbond substituents is 1. The number of nitrogens with one attached hydrogen (secondary N) is 3. The van der Waals surface area contributed by atoms with Crippen LogP contribution in [0.2, 0.25) is 0 Å². The first kappa shape index (κ1) is 27.7. The van der Waals surface area contributed by atoms with Crippen LogP contribution >= 0.6 is 0 Å². The van der Waals surface area contributed by atoms with Gasteiger partial charge < -0.3 is 25.6 Å². The summed E-state index contributed by atoms with van der Waals surface area (Å²) in [4.78, 5) is 41.2. The number of fused-ring (bicyclic) bond motifs is 1. The number of aromatic hydroxyl groups is 1. The Hall–Kier alpha value is -3.36. The molecule has 0 radical (unpaired) electrons. The van der Waals surface area contributed by atoms with Crippen LogP contribution in [-0.4, -0.2) is 64.6 Å². The highest BCUT2D eigenvalue weighted by Gasteiger charge is 2.43. The number of phenols is 1. The average molecular weight is 528 g/mol. The largest absolute Gasteiger partial charge is 0.508 e. The third-order valence-electron chi connectivity index (χ3n) is 7.21. The average Bonchev–Trinajstić information content (AvgIpc) is 3.42. The van der Waals surface area contributed by atoms with Gasteiger partial charge in [0.05, 0.1) is 11.8 Å². The van der Waals surface area contributed by atoms with E-state index in [1.54, 1.807) is 32.9 Å². The Labute approximate surface area is 222 Å². The van der Waals surface area contributed by atoms with Crippen LogP contribution in [0.25, 0.3) is 0 Å². The summed E-state index contributed by atoms with van der Waals surface area (Å²) in [5.74, 6) is -0.905. The molecule has 3 amide bonds. The minimum absolute atomic E-state index is 0.0286. The first-order valence-electron chi connectivity index (χ1n) is 13.2. The number of hydrogen-bond donors (Lipinski definition) is 5. The minimum atomic E-state index is -1.02. The third-order valence-corrected chi connectivity index (χ3v) is 7.21. The van der Waals surface area contributed by atoms with Gasteiger partial charge in [0.15, 0.2) is 0 Å². The summed E-state index contributed by atoms with van der Waals surface area (Å²) in [6.45, 7) is 5.82. The van der Waals surface area contributed by atoms with E-state index in [4.69, 9.17) is 4.74 Å². The molecule has 5 unspecified atom stereocenters. The molecule has 1 saturated heterocycles. The number of aliphatic hydroxyl groups is 1. The molecule has 1 aromatic rings. The molecule has 11 nitrogen and oxygen atoms in total. The summed E-state index contributed by atoms with van der Waals surface area (Å²) >= 11 is 0. The van der Waals surface area contributed by atoms with Crippen LogP contribution in [-0.2, 0) is 20.7 Å². The number of amides is 3. The second-order valence-corrected chi connectivity index (χ2v) is 11.5. The van der Waals surface area contributed by atoms with E-state index in [2.05, 4.69) is 22.0 Å². The van der Waals surface area contributed by atoms with Crippen molar-refractivity contribution in [3.05, 3.63) is 23.8 Å². The van der Waals surface area contributed by atoms with Crippen molar-refractivity contribution in [2.75, 3.05) is 11.4 Å². The fourth-order valence-corrected chi connectivity index (χ4v) is 5.09. The molecular weight excluding hydrogens is 490 g/mol. The van der Waals surface area contributed by atoms with Gasteiger partial charge in [-0.25, -0.2) is 4.79 Å². The standard InChI is InChI=1S/C27H37N5O6/c1-27(2,3)38-26(37)32-20-5-4-6-22(33)18(20)13-21(32)25(36)31-19(11-15-7-8-15)24(35)30-17(14-28)12-16-9-10-29-23(16)34/h4-6,15-17,19,21,23,29,33-34H,7-13H2,1-3H3,(H,30,35)(H,31,36). The molecule has 1 saturated carbocycles. The molecule has 2 aliphatic heterocycles. The maximum absolute atomic E-state index is 13.6. The number of nitriles is 1. The number of rotatable bonds is 8. The Bertz CT molecular complexity index is 1110. The van der Waals surface area contributed by atoms with Crippen LogP contribution in [0, 0.1) is 23.2 Å². The fraction of sp³-hybridized carbons (Fsp3) is 0.630. The molecule has 11 heteroatoms. The lowest BCUT2D eigenvalue weighted by atomic mass is 9.97. The van der Waals surface area contributed by atoms with Gasteiger partial charge in [0.1, 0.15) is 35.7 Å². The number of carbonyl (C=O) groups is 3. The smallest absolute Gasteiger partial charge is 0.415 e. The van der Waals surface area contributed by atoms with Crippen molar-refractivity contribution in [3.8, 4) is 11.8 Å². The van der Waals surface area contributed by atoms with Crippen LogP contribution in [0.15, 0.2) is 18.2 Å². The molecule has 38 heavy (non-hydrogen) atoms. The zero-order valence-corrected chi connectivity index (χ0v) is 22.1. The molecule has 2 fully saturated rings. The lowest BCUT2D eigenvalue weighted by Crippen LogP contribution is -2.56. The highest BCUT2D eigenvalue weighted by Crippen LogP contribution is 2.39. The van der Waals surface area contributed by atoms with E-state index in [1.807, 2.05) is 0 Å². The van der Waals surface area contributed by atoms with E-state index in [0.717, 1.165) is 12.8 Å². The molecule has 3 aliphatic rings. The first-order valence-corrected chi connectivity index (χ1v) is 13.2. The van der Waals surface area contributed by atoms with E-state index >= 15 is 0 Å². The molecule has 0 aromatic heterocycles. The monoisotopic (exact) mass is 527 g/mol. The lowest BCUT2D eigenvalue weighted by Gasteiger charge is -2.29. The van der Waals surface area contributed by atoms with Gasteiger partial charge >= 0.3 is 6.09 Å². The number of nitrogens with zero attached hydrogens (tertiary/aromatic N) is 2. The lowest BCUT2D eigenvalue weighted by molar-refractivity contribution is -0.130. The van der Waals surface area contributed by atoms with Gasteiger partial charge in [0.25, 0.3) is 0 Å². The molecule has 1 aliphatic carbocycles. The molecule has 5 atom stereocenters.